The second kappa shape index (κ2) is 7.93. The van der Waals surface area contributed by atoms with E-state index >= 15 is 0 Å². The van der Waals surface area contributed by atoms with Gasteiger partial charge in [-0.15, -0.1) is 0 Å². The van der Waals surface area contributed by atoms with Gasteiger partial charge in [-0.05, 0) is 18.4 Å². The molecule has 4 nitrogen and oxygen atoms in total. The van der Waals surface area contributed by atoms with E-state index in [1.807, 2.05) is 30.3 Å². The Morgan fingerprint density at radius 1 is 1.09 bits per heavy atom. The number of hydrogen-bond donors (Lipinski definition) is 2. The van der Waals surface area contributed by atoms with Crippen molar-refractivity contribution in [2.75, 3.05) is 32.7 Å². The maximum atomic E-state index is 12.3. The fraction of sp³-hybridized carbons (Fsp3) is 0.632. The fourth-order valence-electron chi connectivity index (χ4n) is 4.06. The zero-order valence-corrected chi connectivity index (χ0v) is 14.0. The Morgan fingerprint density at radius 3 is 2.48 bits per heavy atom. The summed E-state index contributed by atoms with van der Waals surface area (Å²) >= 11 is 0. The van der Waals surface area contributed by atoms with E-state index in [4.69, 9.17) is 0 Å². The zero-order valence-electron chi connectivity index (χ0n) is 14.0. The molecule has 0 unspecified atom stereocenters. The first kappa shape index (κ1) is 16.5. The quantitative estimate of drug-likeness (QED) is 0.873. The van der Waals surface area contributed by atoms with Crippen LogP contribution in [-0.4, -0.2) is 49.1 Å². The van der Waals surface area contributed by atoms with E-state index in [1.54, 1.807) is 0 Å². The van der Waals surface area contributed by atoms with Crippen molar-refractivity contribution in [2.45, 2.75) is 44.1 Å². The van der Waals surface area contributed by atoms with Crippen LogP contribution in [0.2, 0.25) is 0 Å². The summed E-state index contributed by atoms with van der Waals surface area (Å²) in [5.41, 5.74) is 1.28. The summed E-state index contributed by atoms with van der Waals surface area (Å²) in [7, 11) is 0. The molecule has 23 heavy (non-hydrogen) atoms. The molecule has 0 spiro atoms. The normalized spacial score (nSPS) is 21.7. The molecule has 126 valence electrons. The van der Waals surface area contributed by atoms with Crippen LogP contribution in [0.3, 0.4) is 0 Å². The number of carbonyl (C=O) groups is 1. The lowest BCUT2D eigenvalue weighted by molar-refractivity contribution is -0.121. The third kappa shape index (κ3) is 4.33. The van der Waals surface area contributed by atoms with Gasteiger partial charge in [0.15, 0.2) is 0 Å². The highest BCUT2D eigenvalue weighted by molar-refractivity contribution is 5.78. The Bertz CT molecular complexity index is 491. The van der Waals surface area contributed by atoms with Gasteiger partial charge in [0.05, 0.1) is 6.42 Å². The van der Waals surface area contributed by atoms with Crippen molar-refractivity contribution in [1.29, 1.82) is 0 Å². The van der Waals surface area contributed by atoms with E-state index in [-0.39, 0.29) is 11.4 Å². The molecule has 2 aliphatic rings. The molecule has 0 bridgehead atoms. The second-order valence-corrected chi connectivity index (χ2v) is 6.96. The lowest BCUT2D eigenvalue weighted by atomic mass is 9.79. The lowest BCUT2D eigenvalue weighted by Crippen LogP contribution is -2.61. The molecule has 1 saturated carbocycles. The van der Waals surface area contributed by atoms with Gasteiger partial charge in [-0.2, -0.15) is 0 Å². The van der Waals surface area contributed by atoms with E-state index < -0.39 is 0 Å². The summed E-state index contributed by atoms with van der Waals surface area (Å²) in [6, 6.07) is 10.0. The van der Waals surface area contributed by atoms with Gasteiger partial charge in [0.1, 0.15) is 0 Å². The standard InChI is InChI=1S/C19H29N3O/c23-18(15-17-7-3-1-4-8-17)21-16-19(9-5-2-6-10-19)22-13-11-20-12-14-22/h1,3-4,7-8,20H,2,5-6,9-16H2,(H,21,23). The summed E-state index contributed by atoms with van der Waals surface area (Å²) < 4.78 is 0. The van der Waals surface area contributed by atoms with Crippen LogP contribution in [0.4, 0.5) is 0 Å². The smallest absolute Gasteiger partial charge is 0.224 e. The van der Waals surface area contributed by atoms with Gasteiger partial charge in [0, 0.05) is 38.3 Å². The second-order valence-electron chi connectivity index (χ2n) is 6.96. The first-order chi connectivity index (χ1) is 11.3. The highest BCUT2D eigenvalue weighted by Crippen LogP contribution is 2.33. The number of hydrogen-bond acceptors (Lipinski definition) is 3. The summed E-state index contributed by atoms with van der Waals surface area (Å²) in [6.45, 7) is 5.15. The molecule has 3 rings (SSSR count). The maximum absolute atomic E-state index is 12.3. The van der Waals surface area contributed by atoms with Crippen LogP contribution in [-0.2, 0) is 11.2 Å². The molecule has 0 radical (unpaired) electrons. The van der Waals surface area contributed by atoms with E-state index in [0.717, 1.165) is 38.3 Å². The van der Waals surface area contributed by atoms with Gasteiger partial charge in [-0.1, -0.05) is 49.6 Å². The van der Waals surface area contributed by atoms with Gasteiger partial charge in [-0.3, -0.25) is 9.69 Å². The number of carbonyl (C=O) groups excluding carboxylic acids is 1. The van der Waals surface area contributed by atoms with Crippen molar-refractivity contribution >= 4 is 5.91 Å². The van der Waals surface area contributed by atoms with Crippen LogP contribution < -0.4 is 10.6 Å². The number of nitrogens with zero attached hydrogens (tertiary/aromatic N) is 1. The van der Waals surface area contributed by atoms with Gasteiger partial charge < -0.3 is 10.6 Å². The first-order valence-corrected chi connectivity index (χ1v) is 9.05. The molecule has 2 fully saturated rings. The highest BCUT2D eigenvalue weighted by Gasteiger charge is 2.38. The molecule has 4 heteroatoms. The Hall–Kier alpha value is -1.39. The third-order valence-corrected chi connectivity index (χ3v) is 5.39. The van der Waals surface area contributed by atoms with Crippen molar-refractivity contribution < 1.29 is 4.79 Å². The molecule has 1 heterocycles. The molecule has 1 aliphatic heterocycles. The fourth-order valence-corrected chi connectivity index (χ4v) is 4.06. The van der Waals surface area contributed by atoms with Crippen molar-refractivity contribution in [3.05, 3.63) is 35.9 Å². The van der Waals surface area contributed by atoms with Crippen molar-refractivity contribution in [3.63, 3.8) is 0 Å². The minimum atomic E-state index is 0.149. The Labute approximate surface area is 139 Å². The topological polar surface area (TPSA) is 44.4 Å². The van der Waals surface area contributed by atoms with Crippen molar-refractivity contribution in [3.8, 4) is 0 Å². The molecular weight excluding hydrogens is 286 g/mol. The van der Waals surface area contributed by atoms with Gasteiger partial charge >= 0.3 is 0 Å². The van der Waals surface area contributed by atoms with Crippen LogP contribution in [0.15, 0.2) is 30.3 Å². The number of piperazine rings is 1. The Kier molecular flexibility index (Phi) is 5.68. The first-order valence-electron chi connectivity index (χ1n) is 9.05. The monoisotopic (exact) mass is 315 g/mol. The highest BCUT2D eigenvalue weighted by atomic mass is 16.1. The van der Waals surface area contributed by atoms with Crippen molar-refractivity contribution in [2.24, 2.45) is 0 Å². The molecule has 1 amide bonds. The molecule has 1 aromatic carbocycles. The van der Waals surface area contributed by atoms with E-state index in [2.05, 4.69) is 15.5 Å². The minimum absolute atomic E-state index is 0.149. The van der Waals surface area contributed by atoms with Crippen LogP contribution in [0.25, 0.3) is 0 Å². The third-order valence-electron chi connectivity index (χ3n) is 5.39. The number of rotatable bonds is 5. The molecule has 1 aliphatic carbocycles. The van der Waals surface area contributed by atoms with Crippen LogP contribution >= 0.6 is 0 Å². The van der Waals surface area contributed by atoms with E-state index in [0.29, 0.717) is 6.42 Å². The number of benzene rings is 1. The van der Waals surface area contributed by atoms with Gasteiger partial charge in [0.2, 0.25) is 5.91 Å². The summed E-state index contributed by atoms with van der Waals surface area (Å²) in [4.78, 5) is 15.0. The molecule has 0 aromatic heterocycles. The van der Waals surface area contributed by atoms with Crippen LogP contribution in [0.1, 0.15) is 37.7 Å². The maximum Gasteiger partial charge on any atom is 0.224 e. The number of nitrogens with one attached hydrogen (secondary N) is 2. The Balaban J connectivity index is 1.58. The largest absolute Gasteiger partial charge is 0.354 e. The minimum Gasteiger partial charge on any atom is -0.354 e. The predicted molar refractivity (Wildman–Crippen MR) is 93.4 cm³/mol. The number of amides is 1. The Morgan fingerprint density at radius 2 is 1.78 bits per heavy atom. The summed E-state index contributed by atoms with van der Waals surface area (Å²) in [6.07, 6.45) is 6.85. The molecule has 1 saturated heterocycles. The van der Waals surface area contributed by atoms with Crippen LogP contribution in [0.5, 0.6) is 0 Å². The summed E-state index contributed by atoms with van der Waals surface area (Å²) in [5.74, 6) is 0.149. The van der Waals surface area contributed by atoms with E-state index in [1.165, 1.54) is 32.1 Å². The molecule has 0 atom stereocenters. The predicted octanol–water partition coefficient (Wildman–Crippen LogP) is 1.95. The summed E-state index contributed by atoms with van der Waals surface area (Å²) in [5, 5.41) is 6.68. The molecular formula is C19H29N3O. The van der Waals surface area contributed by atoms with E-state index in [9.17, 15) is 4.79 Å². The average molecular weight is 315 g/mol. The van der Waals surface area contributed by atoms with Crippen LogP contribution in [0, 0.1) is 0 Å². The average Bonchev–Trinajstić information content (AvgIpc) is 2.62. The lowest BCUT2D eigenvalue weighted by Gasteiger charge is -2.48. The molecule has 1 aromatic rings. The SMILES string of the molecule is O=C(Cc1ccccc1)NCC1(N2CCNCC2)CCCCC1. The van der Waals surface area contributed by atoms with Gasteiger partial charge in [-0.25, -0.2) is 0 Å². The molecule has 2 N–H and O–H groups in total. The zero-order chi connectivity index (χ0) is 16.0. The van der Waals surface area contributed by atoms with Crippen molar-refractivity contribution in [1.82, 2.24) is 15.5 Å². The van der Waals surface area contributed by atoms with Gasteiger partial charge in [0.25, 0.3) is 0 Å².